The first-order chi connectivity index (χ1) is 8.30. The Kier molecular flexibility index (Phi) is 3.42. The second-order valence-electron chi connectivity index (χ2n) is 6.12. The van der Waals surface area contributed by atoms with E-state index in [-0.39, 0.29) is 5.60 Å². The Bertz CT molecular complexity index is 257. The van der Waals surface area contributed by atoms with Crippen molar-refractivity contribution < 1.29 is 9.47 Å². The van der Waals surface area contributed by atoms with Gasteiger partial charge in [0.2, 0.25) is 0 Å². The highest BCUT2D eigenvalue weighted by Gasteiger charge is 2.41. The van der Waals surface area contributed by atoms with Gasteiger partial charge in [0.25, 0.3) is 0 Å². The van der Waals surface area contributed by atoms with Gasteiger partial charge in [-0.2, -0.15) is 0 Å². The smallest absolute Gasteiger partial charge is 0.0697 e. The number of rotatable bonds is 3. The van der Waals surface area contributed by atoms with E-state index in [9.17, 15) is 0 Å². The maximum atomic E-state index is 6.07. The quantitative estimate of drug-likeness (QED) is 0.819. The highest BCUT2D eigenvalue weighted by atomic mass is 16.5. The van der Waals surface area contributed by atoms with Crippen LogP contribution in [0.5, 0.6) is 0 Å². The number of hydrogen-bond donors (Lipinski definition) is 1. The summed E-state index contributed by atoms with van der Waals surface area (Å²) >= 11 is 0. The van der Waals surface area contributed by atoms with Crippen LogP contribution in [0.25, 0.3) is 0 Å². The molecule has 98 valence electrons. The highest BCUT2D eigenvalue weighted by Crippen LogP contribution is 2.40. The fraction of sp³-hybridized carbons (Fsp3) is 1.00. The van der Waals surface area contributed by atoms with Crippen molar-refractivity contribution in [2.75, 3.05) is 13.7 Å². The summed E-state index contributed by atoms with van der Waals surface area (Å²) in [5.41, 5.74) is 0.250. The van der Waals surface area contributed by atoms with Gasteiger partial charge in [0.15, 0.2) is 0 Å². The van der Waals surface area contributed by atoms with Crippen LogP contribution in [-0.2, 0) is 9.47 Å². The largest absolute Gasteiger partial charge is 0.381 e. The van der Waals surface area contributed by atoms with Crippen LogP contribution in [0.3, 0.4) is 0 Å². The molecule has 3 fully saturated rings. The van der Waals surface area contributed by atoms with Gasteiger partial charge in [0.1, 0.15) is 0 Å². The molecule has 1 heterocycles. The van der Waals surface area contributed by atoms with E-state index in [2.05, 4.69) is 5.32 Å². The maximum absolute atomic E-state index is 6.07. The predicted octanol–water partition coefficient (Wildman–Crippen LogP) is 2.25. The number of methoxy groups -OCH3 is 1. The maximum Gasteiger partial charge on any atom is 0.0697 e. The Morgan fingerprint density at radius 1 is 1.18 bits per heavy atom. The average Bonchev–Trinajstić information content (AvgIpc) is 2.71. The van der Waals surface area contributed by atoms with Crippen LogP contribution in [0, 0.1) is 0 Å². The molecular formula is C14H25NO2. The van der Waals surface area contributed by atoms with E-state index in [4.69, 9.17) is 9.47 Å². The molecule has 3 rings (SSSR count). The fourth-order valence-electron chi connectivity index (χ4n) is 3.77. The lowest BCUT2D eigenvalue weighted by molar-refractivity contribution is -0.0884. The van der Waals surface area contributed by atoms with Crippen LogP contribution in [-0.4, -0.2) is 37.5 Å². The summed E-state index contributed by atoms with van der Waals surface area (Å²) in [4.78, 5) is 0. The van der Waals surface area contributed by atoms with Crippen molar-refractivity contribution in [3.63, 3.8) is 0 Å². The molecule has 0 aromatic heterocycles. The van der Waals surface area contributed by atoms with Gasteiger partial charge in [0.05, 0.1) is 11.7 Å². The summed E-state index contributed by atoms with van der Waals surface area (Å²) in [5.74, 6) is 0. The summed E-state index contributed by atoms with van der Waals surface area (Å²) in [6, 6.07) is 1.38. The fourth-order valence-corrected chi connectivity index (χ4v) is 3.77. The second kappa shape index (κ2) is 4.87. The molecule has 1 N–H and O–H groups in total. The molecule has 0 bridgehead atoms. The summed E-state index contributed by atoms with van der Waals surface area (Å²) in [7, 11) is 1.82. The molecule has 1 atom stereocenters. The first-order valence-corrected chi connectivity index (χ1v) is 7.22. The van der Waals surface area contributed by atoms with Crippen LogP contribution in [0.4, 0.5) is 0 Å². The molecule has 0 aromatic carbocycles. The summed E-state index contributed by atoms with van der Waals surface area (Å²) in [6.07, 6.45) is 10.6. The minimum absolute atomic E-state index is 0.250. The predicted molar refractivity (Wildman–Crippen MR) is 67.1 cm³/mol. The minimum Gasteiger partial charge on any atom is -0.381 e. The van der Waals surface area contributed by atoms with Crippen LogP contribution >= 0.6 is 0 Å². The molecule has 3 nitrogen and oxygen atoms in total. The molecular weight excluding hydrogens is 214 g/mol. The van der Waals surface area contributed by atoms with Crippen molar-refractivity contribution in [3.05, 3.63) is 0 Å². The third kappa shape index (κ3) is 2.51. The van der Waals surface area contributed by atoms with E-state index in [1.54, 1.807) is 0 Å². The molecule has 1 spiro atoms. The number of ether oxygens (including phenoxy) is 2. The molecule has 17 heavy (non-hydrogen) atoms. The van der Waals surface area contributed by atoms with E-state index in [1.807, 2.05) is 7.11 Å². The number of nitrogens with one attached hydrogen (secondary N) is 1. The van der Waals surface area contributed by atoms with Crippen LogP contribution < -0.4 is 5.32 Å². The van der Waals surface area contributed by atoms with E-state index in [0.717, 1.165) is 6.61 Å². The normalized spacial score (nSPS) is 40.4. The third-order valence-electron chi connectivity index (χ3n) is 4.91. The Balaban J connectivity index is 1.48. The third-order valence-corrected chi connectivity index (χ3v) is 4.91. The van der Waals surface area contributed by atoms with Gasteiger partial charge in [-0.05, 0) is 38.5 Å². The van der Waals surface area contributed by atoms with Crippen molar-refractivity contribution in [1.29, 1.82) is 0 Å². The molecule has 3 heteroatoms. The Morgan fingerprint density at radius 2 is 1.94 bits per heavy atom. The van der Waals surface area contributed by atoms with Crippen LogP contribution in [0.1, 0.15) is 51.4 Å². The van der Waals surface area contributed by atoms with Crippen molar-refractivity contribution in [2.45, 2.75) is 75.2 Å². The molecule has 0 amide bonds. The molecule has 0 aromatic rings. The molecule has 1 aliphatic heterocycles. The molecule has 1 unspecified atom stereocenters. The number of hydrogen-bond acceptors (Lipinski definition) is 3. The zero-order valence-electron chi connectivity index (χ0n) is 10.9. The van der Waals surface area contributed by atoms with E-state index in [1.165, 1.54) is 51.4 Å². The standard InChI is InChI=1S/C14H25NO2/c1-16-13-8-12(9-13)15-11-4-7-17-14(10-11)5-2-3-6-14/h11-13,15H,2-10H2,1H3. The second-order valence-corrected chi connectivity index (χ2v) is 6.12. The van der Waals surface area contributed by atoms with E-state index in [0.29, 0.717) is 18.2 Å². The molecule has 2 saturated carbocycles. The summed E-state index contributed by atoms with van der Waals surface area (Å²) in [5, 5.41) is 3.81. The summed E-state index contributed by atoms with van der Waals surface area (Å²) in [6.45, 7) is 0.956. The zero-order chi connectivity index (χ0) is 11.7. The lowest BCUT2D eigenvalue weighted by atomic mass is 9.85. The van der Waals surface area contributed by atoms with Crippen LogP contribution in [0.2, 0.25) is 0 Å². The van der Waals surface area contributed by atoms with Crippen molar-refractivity contribution in [1.82, 2.24) is 5.32 Å². The topological polar surface area (TPSA) is 30.5 Å². The first kappa shape index (κ1) is 11.9. The minimum atomic E-state index is 0.250. The van der Waals surface area contributed by atoms with Crippen molar-refractivity contribution in [3.8, 4) is 0 Å². The van der Waals surface area contributed by atoms with Gasteiger partial charge >= 0.3 is 0 Å². The van der Waals surface area contributed by atoms with Crippen LogP contribution in [0.15, 0.2) is 0 Å². The average molecular weight is 239 g/mol. The highest BCUT2D eigenvalue weighted by molar-refractivity contribution is 4.96. The lowest BCUT2D eigenvalue weighted by Crippen LogP contribution is -2.53. The molecule has 3 aliphatic rings. The SMILES string of the molecule is COC1CC(NC2CCOC3(CCCC3)C2)C1. The van der Waals surface area contributed by atoms with Crippen molar-refractivity contribution in [2.24, 2.45) is 0 Å². The molecule has 0 radical (unpaired) electrons. The molecule has 1 saturated heterocycles. The summed E-state index contributed by atoms with van der Waals surface area (Å²) < 4.78 is 11.4. The Morgan fingerprint density at radius 3 is 2.65 bits per heavy atom. The van der Waals surface area contributed by atoms with E-state index >= 15 is 0 Å². The van der Waals surface area contributed by atoms with Crippen molar-refractivity contribution >= 4 is 0 Å². The lowest BCUT2D eigenvalue weighted by Gasteiger charge is -2.43. The Hall–Kier alpha value is -0.120. The Labute approximate surface area is 104 Å². The zero-order valence-corrected chi connectivity index (χ0v) is 10.9. The van der Waals surface area contributed by atoms with Gasteiger partial charge in [0, 0.05) is 25.8 Å². The van der Waals surface area contributed by atoms with Gasteiger partial charge in [-0.1, -0.05) is 12.8 Å². The van der Waals surface area contributed by atoms with E-state index < -0.39 is 0 Å². The van der Waals surface area contributed by atoms with Gasteiger partial charge in [-0.25, -0.2) is 0 Å². The van der Waals surface area contributed by atoms with Gasteiger partial charge in [-0.3, -0.25) is 0 Å². The first-order valence-electron chi connectivity index (χ1n) is 7.22. The molecule has 2 aliphatic carbocycles. The van der Waals surface area contributed by atoms with Gasteiger partial charge < -0.3 is 14.8 Å². The van der Waals surface area contributed by atoms with Gasteiger partial charge in [-0.15, -0.1) is 0 Å². The monoisotopic (exact) mass is 239 g/mol.